The molecule has 0 aromatic carbocycles. The van der Waals surface area contributed by atoms with Crippen LogP contribution in [0.3, 0.4) is 0 Å². The summed E-state index contributed by atoms with van der Waals surface area (Å²) in [6, 6.07) is 2.09. The van der Waals surface area contributed by atoms with Crippen LogP contribution in [0.15, 0.2) is 6.07 Å². The highest BCUT2D eigenvalue weighted by molar-refractivity contribution is 5.37. The average molecular weight is 275 g/mol. The van der Waals surface area contributed by atoms with Gasteiger partial charge in [0, 0.05) is 24.4 Å². The molecule has 0 spiro atoms. The number of anilines is 1. The van der Waals surface area contributed by atoms with E-state index in [-0.39, 0.29) is 5.41 Å². The highest BCUT2D eigenvalue weighted by Gasteiger charge is 2.26. The first-order valence-electron chi connectivity index (χ1n) is 8.01. The largest absolute Gasteiger partial charge is 0.373 e. The van der Waals surface area contributed by atoms with Gasteiger partial charge in [0.05, 0.1) is 5.69 Å². The topological polar surface area (TPSA) is 37.8 Å². The Morgan fingerprint density at radius 2 is 2.00 bits per heavy atom. The van der Waals surface area contributed by atoms with Gasteiger partial charge in [0.2, 0.25) is 0 Å². The minimum absolute atomic E-state index is 0.0715. The fraction of sp³-hybridized carbons (Fsp3) is 0.765. The Hall–Kier alpha value is -1.12. The summed E-state index contributed by atoms with van der Waals surface area (Å²) in [4.78, 5) is 9.63. The van der Waals surface area contributed by atoms with Crippen molar-refractivity contribution in [3.8, 4) is 0 Å². The lowest BCUT2D eigenvalue weighted by Gasteiger charge is -2.28. The maximum absolute atomic E-state index is 4.89. The van der Waals surface area contributed by atoms with E-state index < -0.39 is 0 Å². The number of nitrogens with zero attached hydrogens (tertiary/aromatic N) is 2. The van der Waals surface area contributed by atoms with Crippen LogP contribution < -0.4 is 5.32 Å². The summed E-state index contributed by atoms with van der Waals surface area (Å²) in [5, 5.41) is 3.19. The molecule has 0 amide bonds. The van der Waals surface area contributed by atoms with Gasteiger partial charge in [-0.05, 0) is 18.8 Å². The lowest BCUT2D eigenvalue weighted by Crippen LogP contribution is -2.20. The third-order valence-electron chi connectivity index (χ3n) is 4.49. The van der Waals surface area contributed by atoms with Gasteiger partial charge in [0.1, 0.15) is 11.6 Å². The van der Waals surface area contributed by atoms with Crippen molar-refractivity contribution in [1.29, 1.82) is 0 Å². The average Bonchev–Trinajstić information content (AvgIpc) is 2.46. The van der Waals surface area contributed by atoms with E-state index in [0.29, 0.717) is 5.92 Å². The Bertz CT molecular complexity index is 448. The number of nitrogens with one attached hydrogen (secondary N) is 1. The molecule has 1 aliphatic rings. The first-order chi connectivity index (χ1) is 9.44. The van der Waals surface area contributed by atoms with Crippen LogP contribution >= 0.6 is 0 Å². The van der Waals surface area contributed by atoms with Gasteiger partial charge in [0.25, 0.3) is 0 Å². The van der Waals surface area contributed by atoms with Crippen LogP contribution in [0.4, 0.5) is 5.82 Å². The number of aromatic nitrogens is 2. The van der Waals surface area contributed by atoms with Gasteiger partial charge in [-0.25, -0.2) is 9.97 Å². The van der Waals surface area contributed by atoms with Crippen molar-refractivity contribution in [3.63, 3.8) is 0 Å². The summed E-state index contributed by atoms with van der Waals surface area (Å²) < 4.78 is 0. The smallest absolute Gasteiger partial charge is 0.134 e. The monoisotopic (exact) mass is 275 g/mol. The zero-order valence-electron chi connectivity index (χ0n) is 13.7. The van der Waals surface area contributed by atoms with E-state index >= 15 is 0 Å². The van der Waals surface area contributed by atoms with Gasteiger partial charge < -0.3 is 5.32 Å². The van der Waals surface area contributed by atoms with Crippen molar-refractivity contribution in [2.75, 3.05) is 12.4 Å². The van der Waals surface area contributed by atoms with Crippen LogP contribution in [-0.2, 0) is 5.41 Å². The zero-order valence-corrected chi connectivity index (χ0v) is 13.7. The summed E-state index contributed by atoms with van der Waals surface area (Å²) in [7, 11) is 1.94. The van der Waals surface area contributed by atoms with Crippen LogP contribution in [0, 0.1) is 5.92 Å². The molecule has 0 saturated heterocycles. The third-order valence-corrected chi connectivity index (χ3v) is 4.49. The molecular weight excluding hydrogens is 246 g/mol. The van der Waals surface area contributed by atoms with E-state index in [1.165, 1.54) is 32.1 Å². The van der Waals surface area contributed by atoms with E-state index in [9.17, 15) is 0 Å². The van der Waals surface area contributed by atoms with Gasteiger partial charge in [-0.1, -0.05) is 47.0 Å². The van der Waals surface area contributed by atoms with Crippen molar-refractivity contribution in [3.05, 3.63) is 17.6 Å². The molecule has 1 heterocycles. The van der Waals surface area contributed by atoms with Gasteiger partial charge in [-0.2, -0.15) is 0 Å². The molecule has 2 unspecified atom stereocenters. The molecule has 112 valence electrons. The number of rotatable bonds is 3. The predicted octanol–water partition coefficient (Wildman–Crippen LogP) is 4.50. The molecule has 2 rings (SSSR count). The molecular formula is C17H29N3. The highest BCUT2D eigenvalue weighted by atomic mass is 15.0. The molecule has 3 nitrogen and oxygen atoms in total. The lowest BCUT2D eigenvalue weighted by atomic mass is 9.79. The summed E-state index contributed by atoms with van der Waals surface area (Å²) in [5.74, 6) is 3.41. The van der Waals surface area contributed by atoms with Crippen molar-refractivity contribution in [2.24, 2.45) is 5.92 Å². The molecule has 1 aromatic rings. The fourth-order valence-electron chi connectivity index (χ4n) is 3.06. The summed E-state index contributed by atoms with van der Waals surface area (Å²) in [6.45, 7) is 8.95. The fourth-order valence-corrected chi connectivity index (χ4v) is 3.06. The first kappa shape index (κ1) is 15.3. The first-order valence-corrected chi connectivity index (χ1v) is 8.01. The van der Waals surface area contributed by atoms with E-state index in [0.717, 1.165) is 23.3 Å². The Morgan fingerprint density at radius 3 is 2.60 bits per heavy atom. The molecule has 1 aliphatic carbocycles. The Balaban J connectivity index is 2.30. The molecule has 1 aromatic heterocycles. The number of hydrogen-bond donors (Lipinski definition) is 1. The molecule has 2 atom stereocenters. The molecule has 20 heavy (non-hydrogen) atoms. The van der Waals surface area contributed by atoms with E-state index in [4.69, 9.17) is 9.97 Å². The van der Waals surface area contributed by atoms with Gasteiger partial charge in [0.15, 0.2) is 0 Å². The molecule has 0 aliphatic heterocycles. The van der Waals surface area contributed by atoms with E-state index in [2.05, 4.69) is 39.1 Å². The standard InChI is InChI=1S/C17H29N3/c1-6-12-8-7-9-13(10-12)16-19-14(17(2,3)4)11-15(18-5)20-16/h11-13H,6-10H2,1-5H3,(H,18,19,20). The molecule has 1 saturated carbocycles. The maximum Gasteiger partial charge on any atom is 0.134 e. The molecule has 1 fully saturated rings. The molecule has 0 radical (unpaired) electrons. The summed E-state index contributed by atoms with van der Waals surface area (Å²) in [5.41, 5.74) is 1.22. The predicted molar refractivity (Wildman–Crippen MR) is 85.3 cm³/mol. The van der Waals surface area contributed by atoms with Gasteiger partial charge >= 0.3 is 0 Å². The quantitative estimate of drug-likeness (QED) is 0.882. The molecule has 0 bridgehead atoms. The minimum Gasteiger partial charge on any atom is -0.373 e. The van der Waals surface area contributed by atoms with Crippen LogP contribution in [0.2, 0.25) is 0 Å². The summed E-state index contributed by atoms with van der Waals surface area (Å²) >= 11 is 0. The minimum atomic E-state index is 0.0715. The Kier molecular flexibility index (Phi) is 4.66. The third kappa shape index (κ3) is 3.50. The van der Waals surface area contributed by atoms with E-state index in [1.807, 2.05) is 7.05 Å². The number of hydrogen-bond acceptors (Lipinski definition) is 3. The summed E-state index contributed by atoms with van der Waals surface area (Å²) in [6.07, 6.45) is 6.49. The highest BCUT2D eigenvalue weighted by Crippen LogP contribution is 2.37. The molecule has 1 N–H and O–H groups in total. The second-order valence-electron chi connectivity index (χ2n) is 7.13. The van der Waals surface area contributed by atoms with Crippen molar-refractivity contribution in [2.45, 2.75) is 71.1 Å². The van der Waals surface area contributed by atoms with Crippen molar-refractivity contribution < 1.29 is 0 Å². The van der Waals surface area contributed by atoms with Crippen LogP contribution in [0.1, 0.15) is 77.2 Å². The van der Waals surface area contributed by atoms with Gasteiger partial charge in [-0.3, -0.25) is 0 Å². The van der Waals surface area contributed by atoms with Gasteiger partial charge in [-0.15, -0.1) is 0 Å². The van der Waals surface area contributed by atoms with Crippen molar-refractivity contribution >= 4 is 5.82 Å². The van der Waals surface area contributed by atoms with Crippen LogP contribution in [0.5, 0.6) is 0 Å². The SMILES string of the molecule is CCC1CCCC(c2nc(NC)cc(C(C)(C)C)n2)C1. The lowest BCUT2D eigenvalue weighted by molar-refractivity contribution is 0.306. The second-order valence-corrected chi connectivity index (χ2v) is 7.13. The molecule has 3 heteroatoms. The van der Waals surface area contributed by atoms with E-state index in [1.54, 1.807) is 0 Å². The Morgan fingerprint density at radius 1 is 1.25 bits per heavy atom. The van der Waals surface area contributed by atoms with Crippen molar-refractivity contribution in [1.82, 2.24) is 9.97 Å². The Labute approximate surface area is 123 Å². The van der Waals surface area contributed by atoms with Crippen LogP contribution in [-0.4, -0.2) is 17.0 Å². The normalized spacial score (nSPS) is 23.6. The van der Waals surface area contributed by atoms with Crippen LogP contribution in [0.25, 0.3) is 0 Å². The zero-order chi connectivity index (χ0) is 14.8. The second kappa shape index (κ2) is 6.11. The maximum atomic E-state index is 4.89.